The maximum atomic E-state index is 13.1. The number of amides is 2. The van der Waals surface area contributed by atoms with E-state index in [0.29, 0.717) is 48.4 Å². The van der Waals surface area contributed by atoms with Gasteiger partial charge in [0, 0.05) is 37.5 Å². The number of urea groups is 1. The summed E-state index contributed by atoms with van der Waals surface area (Å²) in [4.78, 5) is 12.5. The molecule has 1 fully saturated rings. The summed E-state index contributed by atoms with van der Waals surface area (Å²) in [5, 5.41) is 7.04. The summed E-state index contributed by atoms with van der Waals surface area (Å²) in [6.07, 6.45) is 4.79. The summed E-state index contributed by atoms with van der Waals surface area (Å²) in [6, 6.07) is 3.79. The van der Waals surface area contributed by atoms with Gasteiger partial charge in [0.2, 0.25) is 0 Å². The van der Waals surface area contributed by atoms with E-state index in [-0.39, 0.29) is 35.6 Å². The minimum atomic E-state index is -4.32. The number of carbonyl (C=O) groups excluding carboxylic acids is 1. The molecule has 0 unspecified atom stereocenters. The van der Waals surface area contributed by atoms with Crippen molar-refractivity contribution < 1.29 is 47.5 Å². The fraction of sp³-hybridized carbons (Fsp3) is 0.500. The topological polar surface area (TPSA) is 108 Å². The molecule has 1 aliphatic heterocycles. The van der Waals surface area contributed by atoms with Crippen LogP contribution in [-0.2, 0) is 28.4 Å². The van der Waals surface area contributed by atoms with Crippen molar-refractivity contribution in [2.24, 2.45) is 13.0 Å². The van der Waals surface area contributed by atoms with E-state index in [1.165, 1.54) is 10.9 Å². The van der Waals surface area contributed by atoms with E-state index in [1.54, 1.807) is 25.4 Å². The van der Waals surface area contributed by atoms with Crippen LogP contribution in [0.4, 0.5) is 16.2 Å². The summed E-state index contributed by atoms with van der Waals surface area (Å²) in [5.41, 5.74) is 1.69. The van der Waals surface area contributed by atoms with E-state index in [1.807, 2.05) is 6.07 Å². The van der Waals surface area contributed by atoms with E-state index in [2.05, 4.69) is 29.0 Å². The van der Waals surface area contributed by atoms with Crippen LogP contribution in [0.15, 0.2) is 30.6 Å². The summed E-state index contributed by atoms with van der Waals surface area (Å²) in [6.45, 7) is 5.02. The van der Waals surface area contributed by atoms with Crippen LogP contribution in [0.2, 0.25) is 5.02 Å². The van der Waals surface area contributed by atoms with Gasteiger partial charge >= 0.3 is 29.6 Å². The standard InChI is InChI=1S/C20H28ClN5O4S.Na/c1-14(2)8-15-9-16(21)11-17(10-15)23-20(27)24-31(28,29)26(18-4-6-30-7-5-18)19-12-22-25(3)13-19;/h9-14,18H,4-8H2,1-3H3,(H2,23,24,27);/q;+1/p-1. The second-order valence-corrected chi connectivity index (χ2v) is 9.87. The summed E-state index contributed by atoms with van der Waals surface area (Å²) >= 11 is 6.15. The summed E-state index contributed by atoms with van der Waals surface area (Å²) in [5.74, 6) is 0.402. The molecule has 0 saturated carbocycles. The average molecular weight is 492 g/mol. The Morgan fingerprint density at radius 1 is 1.34 bits per heavy atom. The van der Waals surface area contributed by atoms with Crippen molar-refractivity contribution in [2.45, 2.75) is 39.2 Å². The zero-order valence-electron chi connectivity index (χ0n) is 18.8. The van der Waals surface area contributed by atoms with E-state index >= 15 is 0 Å². The van der Waals surface area contributed by atoms with Gasteiger partial charge in [-0.25, -0.2) is 8.42 Å². The molecule has 1 aromatic heterocycles. The fourth-order valence-corrected chi connectivity index (χ4v) is 5.13. The van der Waals surface area contributed by atoms with E-state index < -0.39 is 16.2 Å². The van der Waals surface area contributed by atoms with Gasteiger partial charge in [0.05, 0.1) is 11.9 Å². The molecule has 3 rings (SSSR count). The van der Waals surface area contributed by atoms with Crippen LogP contribution in [0, 0.1) is 5.92 Å². The first-order valence-corrected chi connectivity index (χ1v) is 11.9. The predicted molar refractivity (Wildman–Crippen MR) is 121 cm³/mol. The number of aryl methyl sites for hydroxylation is 1. The number of ether oxygens (including phenoxy) is 1. The molecule has 0 aliphatic carbocycles. The first-order chi connectivity index (χ1) is 14.6. The number of aromatic nitrogens is 2. The molecule has 1 N–H and O–H groups in total. The van der Waals surface area contributed by atoms with Crippen LogP contribution in [0.5, 0.6) is 0 Å². The monoisotopic (exact) mass is 491 g/mol. The molecule has 0 spiro atoms. The van der Waals surface area contributed by atoms with Crippen LogP contribution in [0.3, 0.4) is 0 Å². The van der Waals surface area contributed by atoms with Gasteiger partial charge in [0.1, 0.15) is 0 Å². The Hall–Kier alpha value is -1.30. The number of carbonyl (C=O) groups is 1. The van der Waals surface area contributed by atoms with Crippen molar-refractivity contribution in [2.75, 3.05) is 22.8 Å². The number of hydrogen-bond donors (Lipinski definition) is 1. The third-order valence-electron chi connectivity index (χ3n) is 4.77. The van der Waals surface area contributed by atoms with Crippen molar-refractivity contribution >= 4 is 39.2 Å². The number of anilines is 2. The average Bonchev–Trinajstić information content (AvgIpc) is 3.06. The molecule has 9 nitrogen and oxygen atoms in total. The molecule has 12 heteroatoms. The molecular formula is C20H27ClN5NaO4S. The molecule has 170 valence electrons. The van der Waals surface area contributed by atoms with Gasteiger partial charge in [0.25, 0.3) is 10.2 Å². The van der Waals surface area contributed by atoms with E-state index in [4.69, 9.17) is 16.3 Å². The number of hydrogen-bond acceptors (Lipinski definition) is 5. The van der Waals surface area contributed by atoms with E-state index in [9.17, 15) is 13.2 Å². The molecule has 1 aromatic carbocycles. The number of halogens is 1. The predicted octanol–water partition coefficient (Wildman–Crippen LogP) is 1.11. The first kappa shape index (κ1) is 26.9. The molecule has 2 amide bonds. The molecule has 0 radical (unpaired) electrons. The minimum absolute atomic E-state index is 0. The first-order valence-electron chi connectivity index (χ1n) is 10.1. The Kier molecular flexibility index (Phi) is 9.86. The Morgan fingerprint density at radius 3 is 2.62 bits per heavy atom. The SMILES string of the molecule is CC(C)Cc1cc(Cl)cc(NC(=O)[N-]S(=O)(=O)N(c2cnn(C)c2)C2CCOCC2)c1.[Na+]. The van der Waals surface area contributed by atoms with Gasteiger partial charge in [-0.2, -0.15) is 5.10 Å². The van der Waals surface area contributed by atoms with Gasteiger partial charge in [0.15, 0.2) is 6.03 Å². The number of rotatable bonds is 7. The Bertz CT molecular complexity index is 1020. The largest absolute Gasteiger partial charge is 1.00 e. The number of benzene rings is 1. The second-order valence-electron chi connectivity index (χ2n) is 7.96. The van der Waals surface area contributed by atoms with Crippen molar-refractivity contribution in [3.05, 3.63) is 45.9 Å². The minimum Gasteiger partial charge on any atom is -0.423 e. The van der Waals surface area contributed by atoms with Gasteiger partial charge in [-0.05, 0) is 48.6 Å². The molecule has 2 aromatic rings. The maximum Gasteiger partial charge on any atom is 1.00 e. The van der Waals surface area contributed by atoms with Crippen LogP contribution in [-0.4, -0.2) is 43.5 Å². The molecular weight excluding hydrogens is 465 g/mol. The van der Waals surface area contributed by atoms with Crippen LogP contribution in [0.1, 0.15) is 32.3 Å². The van der Waals surface area contributed by atoms with Crippen LogP contribution in [0.25, 0.3) is 4.72 Å². The molecule has 0 atom stereocenters. The quantitative estimate of drug-likeness (QED) is 0.584. The molecule has 1 saturated heterocycles. The van der Waals surface area contributed by atoms with E-state index in [0.717, 1.165) is 16.3 Å². The van der Waals surface area contributed by atoms with Crippen molar-refractivity contribution in [3.63, 3.8) is 0 Å². The Balaban J connectivity index is 0.00000363. The third-order valence-corrected chi connectivity index (χ3v) is 6.39. The zero-order valence-corrected chi connectivity index (χ0v) is 22.4. The van der Waals surface area contributed by atoms with Gasteiger partial charge < -0.3 is 14.8 Å². The molecule has 1 aliphatic rings. The van der Waals surface area contributed by atoms with Gasteiger partial charge in [-0.15, -0.1) is 0 Å². The molecule has 2 heterocycles. The zero-order chi connectivity index (χ0) is 22.6. The summed E-state index contributed by atoms with van der Waals surface area (Å²) < 4.78 is 37.7. The maximum absolute atomic E-state index is 13.1. The van der Waals surface area contributed by atoms with Crippen LogP contribution < -0.4 is 39.2 Å². The van der Waals surface area contributed by atoms with Crippen molar-refractivity contribution in [3.8, 4) is 0 Å². The Morgan fingerprint density at radius 2 is 2.03 bits per heavy atom. The molecule has 0 bridgehead atoms. The normalized spacial score (nSPS) is 14.7. The molecule has 32 heavy (non-hydrogen) atoms. The second kappa shape index (κ2) is 11.7. The smallest absolute Gasteiger partial charge is 0.423 e. The summed E-state index contributed by atoms with van der Waals surface area (Å²) in [7, 11) is -2.63. The van der Waals surface area contributed by atoms with Crippen molar-refractivity contribution in [1.82, 2.24) is 9.78 Å². The third kappa shape index (κ3) is 7.36. The van der Waals surface area contributed by atoms with Crippen LogP contribution >= 0.6 is 11.6 Å². The number of nitrogens with zero attached hydrogens (tertiary/aromatic N) is 4. The van der Waals surface area contributed by atoms with Gasteiger partial charge in [-0.3, -0.25) is 13.8 Å². The fourth-order valence-electron chi connectivity index (χ4n) is 3.58. The van der Waals surface area contributed by atoms with Gasteiger partial charge in [-0.1, -0.05) is 31.5 Å². The van der Waals surface area contributed by atoms with Crippen molar-refractivity contribution in [1.29, 1.82) is 0 Å². The Labute approximate surface area is 216 Å². The number of nitrogens with one attached hydrogen (secondary N) is 1.